The van der Waals surface area contributed by atoms with Gasteiger partial charge in [-0.2, -0.15) is 0 Å². The van der Waals surface area contributed by atoms with Crippen LogP contribution >= 0.6 is 0 Å². The first-order chi connectivity index (χ1) is 8.11. The van der Waals surface area contributed by atoms with Crippen LogP contribution in [0.5, 0.6) is 0 Å². The Labute approximate surface area is 96.9 Å². The van der Waals surface area contributed by atoms with Crippen LogP contribution in [0.15, 0.2) is 24.5 Å². The van der Waals surface area contributed by atoms with Crippen LogP contribution in [-0.4, -0.2) is 33.6 Å². The monoisotopic (exact) mass is 233 g/mol. The predicted molar refractivity (Wildman–Crippen MR) is 60.8 cm³/mol. The molecule has 0 atom stereocenters. The van der Waals surface area contributed by atoms with E-state index in [-0.39, 0.29) is 18.0 Å². The van der Waals surface area contributed by atoms with E-state index in [0.29, 0.717) is 5.52 Å². The number of benzene rings is 1. The lowest BCUT2D eigenvalue weighted by Crippen LogP contribution is -2.23. The van der Waals surface area contributed by atoms with E-state index >= 15 is 0 Å². The number of carbonyl (C=O) groups excluding carboxylic acids is 1. The molecule has 1 aromatic heterocycles. The lowest BCUT2D eigenvalue weighted by molar-refractivity contribution is -0.121. The van der Waals surface area contributed by atoms with E-state index in [0.717, 1.165) is 5.52 Å². The predicted octanol–water partition coefficient (Wildman–Crippen LogP) is 0.480. The summed E-state index contributed by atoms with van der Waals surface area (Å²) in [4.78, 5) is 26.1. The van der Waals surface area contributed by atoms with Crippen molar-refractivity contribution < 1.29 is 14.7 Å². The number of amides is 1. The fourth-order valence-corrected chi connectivity index (χ4v) is 1.56. The van der Waals surface area contributed by atoms with Crippen LogP contribution in [-0.2, 0) is 11.3 Å². The Bertz CT molecular complexity index is 589. The molecule has 2 rings (SSSR count). The first kappa shape index (κ1) is 11.1. The van der Waals surface area contributed by atoms with Gasteiger partial charge < -0.3 is 15.0 Å². The van der Waals surface area contributed by atoms with Crippen LogP contribution in [0.4, 0.5) is 0 Å². The minimum atomic E-state index is -0.993. The minimum absolute atomic E-state index is 0.133. The van der Waals surface area contributed by atoms with E-state index < -0.39 is 5.97 Å². The maximum atomic E-state index is 11.2. The van der Waals surface area contributed by atoms with Crippen LogP contribution in [0.3, 0.4) is 0 Å². The molecule has 0 unspecified atom stereocenters. The Hall–Kier alpha value is -2.37. The van der Waals surface area contributed by atoms with E-state index in [4.69, 9.17) is 5.11 Å². The molecule has 2 N–H and O–H groups in total. The van der Waals surface area contributed by atoms with E-state index in [9.17, 15) is 9.59 Å². The number of aromatic carboxylic acids is 1. The second kappa shape index (κ2) is 4.25. The third-order valence-corrected chi connectivity index (χ3v) is 2.46. The molecule has 1 aromatic carbocycles. The van der Waals surface area contributed by atoms with Crippen molar-refractivity contribution in [2.45, 2.75) is 6.54 Å². The van der Waals surface area contributed by atoms with Gasteiger partial charge in [0.05, 0.1) is 22.9 Å². The normalized spacial score (nSPS) is 10.4. The number of aromatic nitrogens is 2. The smallest absolute Gasteiger partial charge is 0.335 e. The number of carbonyl (C=O) groups is 2. The lowest BCUT2D eigenvalue weighted by Gasteiger charge is -2.02. The van der Waals surface area contributed by atoms with Crippen molar-refractivity contribution in [3.8, 4) is 0 Å². The van der Waals surface area contributed by atoms with Gasteiger partial charge in [-0.05, 0) is 18.2 Å². The zero-order valence-electron chi connectivity index (χ0n) is 9.17. The molecule has 0 aliphatic heterocycles. The molecule has 6 heteroatoms. The molecule has 6 nitrogen and oxygen atoms in total. The van der Waals surface area contributed by atoms with E-state index in [1.54, 1.807) is 17.7 Å². The molecule has 0 radical (unpaired) electrons. The van der Waals surface area contributed by atoms with Gasteiger partial charge in [0.1, 0.15) is 6.54 Å². The number of nitrogens with one attached hydrogen (secondary N) is 1. The van der Waals surface area contributed by atoms with E-state index in [2.05, 4.69) is 10.3 Å². The summed E-state index contributed by atoms with van der Waals surface area (Å²) in [7, 11) is 1.56. The van der Waals surface area contributed by atoms with Crippen LogP contribution in [0.1, 0.15) is 10.4 Å². The number of hydrogen-bond donors (Lipinski definition) is 2. The van der Waals surface area contributed by atoms with Gasteiger partial charge in [-0.1, -0.05) is 0 Å². The fourth-order valence-electron chi connectivity index (χ4n) is 1.56. The molecule has 2 aromatic rings. The van der Waals surface area contributed by atoms with Crippen molar-refractivity contribution in [2.24, 2.45) is 0 Å². The number of likely N-dealkylation sites (N-methyl/N-ethyl adjacent to an activating group) is 1. The summed E-state index contributed by atoms with van der Waals surface area (Å²) in [6, 6.07) is 4.62. The third-order valence-electron chi connectivity index (χ3n) is 2.46. The molecule has 1 heterocycles. The maximum Gasteiger partial charge on any atom is 0.335 e. The van der Waals surface area contributed by atoms with Crippen molar-refractivity contribution >= 4 is 22.9 Å². The Kier molecular flexibility index (Phi) is 2.78. The fraction of sp³-hybridized carbons (Fsp3) is 0.182. The summed E-state index contributed by atoms with van der Waals surface area (Å²) in [5.41, 5.74) is 1.48. The Morgan fingerprint density at radius 3 is 2.88 bits per heavy atom. The molecule has 0 bridgehead atoms. The molecule has 1 amide bonds. The van der Waals surface area contributed by atoms with Gasteiger partial charge in [0.15, 0.2) is 0 Å². The SMILES string of the molecule is CNC(=O)Cn1cnc2cc(C(=O)O)ccc21. The zero-order valence-corrected chi connectivity index (χ0v) is 9.17. The first-order valence-electron chi connectivity index (χ1n) is 5.00. The highest BCUT2D eigenvalue weighted by molar-refractivity contribution is 5.92. The van der Waals surface area contributed by atoms with Crippen molar-refractivity contribution in [3.63, 3.8) is 0 Å². The van der Waals surface area contributed by atoms with E-state index in [1.807, 2.05) is 0 Å². The number of imidazole rings is 1. The van der Waals surface area contributed by atoms with Crippen LogP contribution in [0, 0.1) is 0 Å². The van der Waals surface area contributed by atoms with Crippen molar-refractivity contribution in [3.05, 3.63) is 30.1 Å². The van der Waals surface area contributed by atoms with Crippen molar-refractivity contribution in [2.75, 3.05) is 7.05 Å². The van der Waals surface area contributed by atoms with Gasteiger partial charge >= 0.3 is 5.97 Å². The number of carboxylic acid groups (broad SMARTS) is 1. The van der Waals surface area contributed by atoms with Crippen LogP contribution < -0.4 is 5.32 Å². The summed E-state index contributed by atoms with van der Waals surface area (Å²) < 4.78 is 1.67. The highest BCUT2D eigenvalue weighted by Gasteiger charge is 2.09. The molecule has 0 saturated carbocycles. The first-order valence-corrected chi connectivity index (χ1v) is 5.00. The molecule has 0 aliphatic carbocycles. The molecule has 0 aliphatic rings. The number of nitrogens with zero attached hydrogens (tertiary/aromatic N) is 2. The summed E-state index contributed by atoms with van der Waals surface area (Å²) in [5, 5.41) is 11.4. The number of hydrogen-bond acceptors (Lipinski definition) is 3. The molecular weight excluding hydrogens is 222 g/mol. The topological polar surface area (TPSA) is 84.2 Å². The molecule has 88 valence electrons. The standard InChI is InChI=1S/C11H11N3O3/c1-12-10(15)5-14-6-13-8-4-7(11(16)17)2-3-9(8)14/h2-4,6H,5H2,1H3,(H,12,15)(H,16,17). The Morgan fingerprint density at radius 1 is 1.47 bits per heavy atom. The van der Waals surface area contributed by atoms with Crippen LogP contribution in [0.2, 0.25) is 0 Å². The molecule has 17 heavy (non-hydrogen) atoms. The average molecular weight is 233 g/mol. The molecule has 0 fully saturated rings. The van der Waals surface area contributed by atoms with Crippen LogP contribution in [0.25, 0.3) is 11.0 Å². The highest BCUT2D eigenvalue weighted by Crippen LogP contribution is 2.14. The second-order valence-corrected chi connectivity index (χ2v) is 3.55. The maximum absolute atomic E-state index is 11.2. The number of carboxylic acids is 1. The largest absolute Gasteiger partial charge is 0.478 e. The lowest BCUT2D eigenvalue weighted by atomic mass is 10.2. The quantitative estimate of drug-likeness (QED) is 0.807. The zero-order chi connectivity index (χ0) is 12.4. The average Bonchev–Trinajstić information content (AvgIpc) is 2.71. The summed E-state index contributed by atoms with van der Waals surface area (Å²) >= 11 is 0. The summed E-state index contributed by atoms with van der Waals surface area (Å²) in [6.45, 7) is 0.166. The summed E-state index contributed by atoms with van der Waals surface area (Å²) in [5.74, 6) is -1.13. The number of rotatable bonds is 3. The highest BCUT2D eigenvalue weighted by atomic mass is 16.4. The Morgan fingerprint density at radius 2 is 2.24 bits per heavy atom. The molecular formula is C11H11N3O3. The van der Waals surface area contributed by atoms with Gasteiger partial charge in [0, 0.05) is 7.05 Å². The third kappa shape index (κ3) is 2.10. The minimum Gasteiger partial charge on any atom is -0.478 e. The van der Waals surface area contributed by atoms with Crippen molar-refractivity contribution in [1.82, 2.24) is 14.9 Å². The molecule has 0 spiro atoms. The second-order valence-electron chi connectivity index (χ2n) is 3.55. The van der Waals surface area contributed by atoms with E-state index in [1.165, 1.54) is 18.5 Å². The molecule has 0 saturated heterocycles. The van der Waals surface area contributed by atoms with Crippen molar-refractivity contribution in [1.29, 1.82) is 0 Å². The van der Waals surface area contributed by atoms with Gasteiger partial charge in [-0.15, -0.1) is 0 Å². The van der Waals surface area contributed by atoms with Gasteiger partial charge in [-0.25, -0.2) is 9.78 Å². The van der Waals surface area contributed by atoms with Gasteiger partial charge in [-0.3, -0.25) is 4.79 Å². The summed E-state index contributed by atoms with van der Waals surface area (Å²) in [6.07, 6.45) is 1.52. The number of fused-ring (bicyclic) bond motifs is 1. The Balaban J connectivity index is 2.41. The van der Waals surface area contributed by atoms with Gasteiger partial charge in [0.25, 0.3) is 0 Å². The van der Waals surface area contributed by atoms with Gasteiger partial charge in [0.2, 0.25) is 5.91 Å².